The second-order valence-electron chi connectivity index (χ2n) is 2.88. The number of fused-ring (bicyclic) bond motifs is 1. The highest BCUT2D eigenvalue weighted by Crippen LogP contribution is 2.25. The van der Waals surface area contributed by atoms with Gasteiger partial charge in [-0.2, -0.15) is 0 Å². The average Bonchev–Trinajstić information content (AvgIpc) is 2.59. The number of carboxylic acid groups (broad SMARTS) is 1. The SMILES string of the molecule is O=C(O)Oc1ccc2c([N+](=O)[O-])[nH]nc2c1. The number of H-pyrrole nitrogens is 1. The number of carbonyl (C=O) groups is 1. The third kappa shape index (κ3) is 1.63. The Morgan fingerprint density at radius 3 is 2.94 bits per heavy atom. The quantitative estimate of drug-likeness (QED) is 0.345. The van der Waals surface area contributed by atoms with Crippen LogP contribution in [0.15, 0.2) is 18.2 Å². The summed E-state index contributed by atoms with van der Waals surface area (Å²) in [5, 5.41) is 25.1. The Morgan fingerprint density at radius 2 is 2.31 bits per heavy atom. The molecule has 0 aliphatic heterocycles. The van der Waals surface area contributed by atoms with Crippen molar-refractivity contribution in [3.05, 3.63) is 28.3 Å². The lowest BCUT2D eigenvalue weighted by molar-refractivity contribution is -0.387. The van der Waals surface area contributed by atoms with Crippen LogP contribution in [-0.4, -0.2) is 26.4 Å². The van der Waals surface area contributed by atoms with E-state index in [1.807, 2.05) is 0 Å². The van der Waals surface area contributed by atoms with Crippen LogP contribution in [-0.2, 0) is 0 Å². The number of hydrogen-bond donors (Lipinski definition) is 2. The lowest BCUT2D eigenvalue weighted by Gasteiger charge is -1.97. The van der Waals surface area contributed by atoms with Crippen LogP contribution in [0.4, 0.5) is 10.6 Å². The first kappa shape index (κ1) is 9.90. The van der Waals surface area contributed by atoms with Crippen LogP contribution in [0.25, 0.3) is 10.9 Å². The third-order valence-corrected chi connectivity index (χ3v) is 1.89. The standard InChI is InChI=1S/C8H5N3O5/c12-8(13)16-4-1-2-5-6(3-4)9-10-7(5)11(14)15/h1-3H,(H,9,10)(H,12,13). The van der Waals surface area contributed by atoms with E-state index in [0.29, 0.717) is 5.39 Å². The number of benzene rings is 1. The second-order valence-corrected chi connectivity index (χ2v) is 2.88. The summed E-state index contributed by atoms with van der Waals surface area (Å²) in [6, 6.07) is 3.99. The van der Waals surface area contributed by atoms with Crippen LogP contribution < -0.4 is 4.74 Å². The van der Waals surface area contributed by atoms with Gasteiger partial charge in [0, 0.05) is 6.07 Å². The highest BCUT2D eigenvalue weighted by molar-refractivity contribution is 5.87. The zero-order valence-electron chi connectivity index (χ0n) is 7.71. The van der Waals surface area contributed by atoms with Crippen molar-refractivity contribution in [3.63, 3.8) is 0 Å². The summed E-state index contributed by atoms with van der Waals surface area (Å²) in [6.07, 6.45) is -1.45. The number of aromatic nitrogens is 2. The molecule has 16 heavy (non-hydrogen) atoms. The Hall–Kier alpha value is -2.64. The summed E-state index contributed by atoms with van der Waals surface area (Å²) >= 11 is 0. The molecule has 8 heteroatoms. The van der Waals surface area contributed by atoms with Crippen LogP contribution in [0.1, 0.15) is 0 Å². The number of nitro groups is 1. The minimum Gasteiger partial charge on any atom is -0.449 e. The summed E-state index contributed by atoms with van der Waals surface area (Å²) < 4.78 is 4.38. The van der Waals surface area contributed by atoms with Gasteiger partial charge in [-0.25, -0.2) is 4.79 Å². The van der Waals surface area contributed by atoms with Gasteiger partial charge in [-0.1, -0.05) is 5.10 Å². The summed E-state index contributed by atoms with van der Waals surface area (Å²) in [6.45, 7) is 0. The van der Waals surface area contributed by atoms with E-state index in [1.165, 1.54) is 18.2 Å². The number of hydrogen-bond acceptors (Lipinski definition) is 5. The third-order valence-electron chi connectivity index (χ3n) is 1.89. The van der Waals surface area contributed by atoms with Crippen molar-refractivity contribution >= 4 is 22.9 Å². The molecule has 0 aliphatic rings. The monoisotopic (exact) mass is 223 g/mol. The summed E-state index contributed by atoms with van der Waals surface area (Å²) in [4.78, 5) is 20.2. The van der Waals surface area contributed by atoms with Crippen LogP contribution in [0.2, 0.25) is 0 Å². The van der Waals surface area contributed by atoms with Crippen molar-refractivity contribution in [3.8, 4) is 5.75 Å². The lowest BCUT2D eigenvalue weighted by atomic mass is 10.2. The molecule has 0 amide bonds. The fraction of sp³-hybridized carbons (Fsp3) is 0. The van der Waals surface area contributed by atoms with Gasteiger partial charge in [0.25, 0.3) is 0 Å². The first-order valence-electron chi connectivity index (χ1n) is 4.11. The lowest BCUT2D eigenvalue weighted by Crippen LogP contribution is -2.02. The van der Waals surface area contributed by atoms with Gasteiger partial charge in [0.1, 0.15) is 11.3 Å². The van der Waals surface area contributed by atoms with Gasteiger partial charge in [-0.15, -0.1) is 5.10 Å². The van der Waals surface area contributed by atoms with Crippen LogP contribution in [0, 0.1) is 10.1 Å². The van der Waals surface area contributed by atoms with Gasteiger partial charge in [0.2, 0.25) is 0 Å². The molecule has 0 fully saturated rings. The first-order chi connectivity index (χ1) is 7.58. The van der Waals surface area contributed by atoms with Crippen molar-refractivity contribution in [2.45, 2.75) is 0 Å². The maximum atomic E-state index is 10.5. The molecule has 0 bridgehead atoms. The van der Waals surface area contributed by atoms with Gasteiger partial charge in [0.05, 0.1) is 5.39 Å². The average molecular weight is 223 g/mol. The van der Waals surface area contributed by atoms with E-state index in [2.05, 4.69) is 14.9 Å². The molecule has 0 radical (unpaired) electrons. The number of aromatic amines is 1. The zero-order valence-corrected chi connectivity index (χ0v) is 7.71. The maximum Gasteiger partial charge on any atom is 0.511 e. The normalized spacial score (nSPS) is 10.2. The van der Waals surface area contributed by atoms with Gasteiger partial charge < -0.3 is 20.0 Å². The van der Waals surface area contributed by atoms with Gasteiger partial charge in [-0.05, 0) is 17.1 Å². The first-order valence-corrected chi connectivity index (χ1v) is 4.11. The van der Waals surface area contributed by atoms with Crippen molar-refractivity contribution in [2.75, 3.05) is 0 Å². The van der Waals surface area contributed by atoms with E-state index >= 15 is 0 Å². The molecule has 1 aromatic carbocycles. The molecule has 2 aromatic rings. The molecular weight excluding hydrogens is 218 g/mol. The molecule has 1 aromatic heterocycles. The second kappa shape index (κ2) is 3.50. The molecule has 0 spiro atoms. The largest absolute Gasteiger partial charge is 0.511 e. The van der Waals surface area contributed by atoms with E-state index in [4.69, 9.17) is 5.11 Å². The topological polar surface area (TPSA) is 118 Å². The number of rotatable bonds is 2. The van der Waals surface area contributed by atoms with Crippen molar-refractivity contribution in [1.29, 1.82) is 0 Å². The van der Waals surface area contributed by atoms with E-state index in [1.54, 1.807) is 0 Å². The molecule has 1 heterocycles. The number of nitrogens with zero attached hydrogens (tertiary/aromatic N) is 2. The van der Waals surface area contributed by atoms with Crippen LogP contribution in [0.3, 0.4) is 0 Å². The summed E-state index contributed by atoms with van der Waals surface area (Å²) in [5.74, 6) is -0.182. The minimum absolute atomic E-state index is 0.0568. The smallest absolute Gasteiger partial charge is 0.449 e. The molecular formula is C8H5N3O5. The summed E-state index contributed by atoms with van der Waals surface area (Å²) in [5.41, 5.74) is 0.269. The van der Waals surface area contributed by atoms with Gasteiger partial charge in [0.15, 0.2) is 0 Å². The molecule has 82 valence electrons. The fourth-order valence-electron chi connectivity index (χ4n) is 1.28. The highest BCUT2D eigenvalue weighted by atomic mass is 16.7. The Kier molecular flexibility index (Phi) is 2.16. The Morgan fingerprint density at radius 1 is 1.56 bits per heavy atom. The molecule has 0 atom stereocenters. The van der Waals surface area contributed by atoms with E-state index in [0.717, 1.165) is 0 Å². The predicted molar refractivity (Wildman–Crippen MR) is 51.4 cm³/mol. The molecule has 0 aliphatic carbocycles. The number of nitrogens with one attached hydrogen (secondary N) is 1. The molecule has 2 N–H and O–H groups in total. The molecule has 8 nitrogen and oxygen atoms in total. The van der Waals surface area contributed by atoms with E-state index < -0.39 is 11.1 Å². The molecule has 2 rings (SSSR count). The molecule has 0 saturated carbocycles. The Balaban J connectivity index is 2.49. The predicted octanol–water partition coefficient (Wildman–Crippen LogP) is 1.53. The maximum absolute atomic E-state index is 10.5. The Bertz CT molecular complexity index is 576. The zero-order chi connectivity index (χ0) is 11.7. The highest BCUT2D eigenvalue weighted by Gasteiger charge is 2.15. The molecule has 0 unspecified atom stereocenters. The van der Waals surface area contributed by atoms with Crippen molar-refractivity contribution in [1.82, 2.24) is 10.2 Å². The summed E-state index contributed by atoms with van der Waals surface area (Å²) in [7, 11) is 0. The van der Waals surface area contributed by atoms with Crippen molar-refractivity contribution < 1.29 is 19.6 Å². The minimum atomic E-state index is -1.45. The van der Waals surface area contributed by atoms with E-state index in [9.17, 15) is 14.9 Å². The van der Waals surface area contributed by atoms with Crippen LogP contribution >= 0.6 is 0 Å². The van der Waals surface area contributed by atoms with E-state index in [-0.39, 0.29) is 17.1 Å². The fourth-order valence-corrected chi connectivity index (χ4v) is 1.28. The van der Waals surface area contributed by atoms with Crippen LogP contribution in [0.5, 0.6) is 5.75 Å². The molecule has 0 saturated heterocycles. The van der Waals surface area contributed by atoms with Crippen molar-refractivity contribution in [2.24, 2.45) is 0 Å². The van der Waals surface area contributed by atoms with Gasteiger partial charge in [-0.3, -0.25) is 0 Å². The van der Waals surface area contributed by atoms with Gasteiger partial charge >= 0.3 is 12.0 Å². The number of ether oxygens (including phenoxy) is 1. The Labute approximate surface area is 87.6 Å².